The van der Waals surface area contributed by atoms with Crippen LogP contribution in [0.1, 0.15) is 58.3 Å². The van der Waals surface area contributed by atoms with Crippen molar-refractivity contribution in [2.24, 2.45) is 34.5 Å². The Morgan fingerprint density at radius 2 is 1.80 bits per heavy atom. The van der Waals surface area contributed by atoms with Gasteiger partial charge in [0.05, 0.1) is 17.6 Å². The number of carbonyl (C=O) groups excluding carboxylic acids is 2. The standard InChI is InChI=1S/C34H38O6/c1-18-16-33-19(2)14-25-26(31(25,3)4)24(27(33)35)15-21-17-38-32(5,6)40-29(21)34(33,37)28(18)39-30(36)23-13-9-11-20-10-7-8-12-22(20)23/h7-13,15-16,19,24-26,28-29,37H,14,17H2,1-6H3/t19-,24+,25-,26+,28+,29-,33+,34-/m1/s1. The van der Waals surface area contributed by atoms with Gasteiger partial charge in [0.15, 0.2) is 23.3 Å². The average molecular weight is 543 g/mol. The van der Waals surface area contributed by atoms with Crippen LogP contribution in [0, 0.1) is 34.5 Å². The van der Waals surface area contributed by atoms with Crippen LogP contribution in [-0.2, 0) is 19.0 Å². The van der Waals surface area contributed by atoms with Crippen molar-refractivity contribution < 1.29 is 28.9 Å². The van der Waals surface area contributed by atoms with E-state index in [1.54, 1.807) is 6.07 Å². The minimum absolute atomic E-state index is 0.00643. The fourth-order valence-corrected chi connectivity index (χ4v) is 8.87. The zero-order valence-electron chi connectivity index (χ0n) is 24.1. The summed E-state index contributed by atoms with van der Waals surface area (Å²) in [6.07, 6.45) is 2.83. The van der Waals surface area contributed by atoms with E-state index >= 15 is 0 Å². The predicted octanol–water partition coefficient (Wildman–Crippen LogP) is 5.63. The van der Waals surface area contributed by atoms with E-state index in [4.69, 9.17) is 14.2 Å². The predicted molar refractivity (Wildman–Crippen MR) is 150 cm³/mol. The average Bonchev–Trinajstić information content (AvgIpc) is 3.40. The van der Waals surface area contributed by atoms with Crippen molar-refractivity contribution in [2.45, 2.75) is 71.6 Å². The van der Waals surface area contributed by atoms with Gasteiger partial charge in [0.1, 0.15) is 6.10 Å². The Morgan fingerprint density at radius 3 is 2.58 bits per heavy atom. The largest absolute Gasteiger partial charge is 0.451 e. The maximum Gasteiger partial charge on any atom is 0.339 e. The molecular formula is C34H38O6. The summed E-state index contributed by atoms with van der Waals surface area (Å²) < 4.78 is 18.9. The summed E-state index contributed by atoms with van der Waals surface area (Å²) in [4.78, 5) is 28.7. The van der Waals surface area contributed by atoms with Crippen LogP contribution in [0.15, 0.2) is 65.8 Å². The molecule has 7 rings (SSSR count). The first-order valence-corrected chi connectivity index (χ1v) is 14.5. The number of ketones is 1. The van der Waals surface area contributed by atoms with Crippen molar-refractivity contribution in [1.82, 2.24) is 0 Å². The number of esters is 1. The van der Waals surface area contributed by atoms with Crippen molar-refractivity contribution in [3.05, 3.63) is 71.3 Å². The molecule has 0 unspecified atom stereocenters. The molecule has 1 heterocycles. The highest BCUT2D eigenvalue weighted by molar-refractivity contribution is 6.04. The Kier molecular flexibility index (Phi) is 5.32. The van der Waals surface area contributed by atoms with Gasteiger partial charge in [0.2, 0.25) is 0 Å². The molecule has 3 fully saturated rings. The number of aliphatic hydroxyl groups is 1. The summed E-state index contributed by atoms with van der Waals surface area (Å²) in [6, 6.07) is 13.2. The van der Waals surface area contributed by atoms with Crippen molar-refractivity contribution in [1.29, 1.82) is 0 Å². The second-order valence-corrected chi connectivity index (χ2v) is 13.8. The minimum atomic E-state index is -1.82. The van der Waals surface area contributed by atoms with E-state index in [2.05, 4.69) is 20.8 Å². The van der Waals surface area contributed by atoms with E-state index in [1.807, 2.05) is 69.3 Å². The van der Waals surface area contributed by atoms with E-state index in [0.717, 1.165) is 22.8 Å². The van der Waals surface area contributed by atoms with Crippen molar-refractivity contribution in [3.63, 3.8) is 0 Å². The third kappa shape index (κ3) is 3.21. The number of Topliss-reactive ketones (excluding diaryl/α,β-unsaturated/α-hetero) is 1. The number of hydrogen-bond donors (Lipinski definition) is 1. The fraction of sp³-hybridized carbons (Fsp3) is 0.529. The lowest BCUT2D eigenvalue weighted by Crippen LogP contribution is -2.68. The van der Waals surface area contributed by atoms with Gasteiger partial charge in [-0.15, -0.1) is 0 Å². The summed E-state index contributed by atoms with van der Waals surface area (Å²) in [5, 5.41) is 14.9. The van der Waals surface area contributed by atoms with Crippen LogP contribution in [0.3, 0.4) is 0 Å². The van der Waals surface area contributed by atoms with Crippen LogP contribution in [-0.4, -0.2) is 47.1 Å². The second kappa shape index (κ2) is 8.15. The molecule has 5 aliphatic rings. The molecule has 2 bridgehead atoms. The lowest BCUT2D eigenvalue weighted by molar-refractivity contribution is -0.302. The molecule has 2 aromatic carbocycles. The van der Waals surface area contributed by atoms with Crippen molar-refractivity contribution in [2.75, 3.05) is 6.61 Å². The zero-order chi connectivity index (χ0) is 28.4. The van der Waals surface area contributed by atoms with E-state index in [0.29, 0.717) is 17.1 Å². The maximum atomic E-state index is 14.8. The first kappa shape index (κ1) is 26.1. The normalized spacial score (nSPS) is 40.5. The maximum absolute atomic E-state index is 14.8. The minimum Gasteiger partial charge on any atom is -0.451 e. The molecular weight excluding hydrogens is 504 g/mol. The molecule has 1 aliphatic heterocycles. The molecule has 6 heteroatoms. The molecule has 0 radical (unpaired) electrons. The van der Waals surface area contributed by atoms with Gasteiger partial charge in [0, 0.05) is 5.92 Å². The van der Waals surface area contributed by atoms with Gasteiger partial charge in [-0.05, 0) is 78.3 Å². The number of rotatable bonds is 2. The number of hydrogen-bond acceptors (Lipinski definition) is 6. The zero-order valence-corrected chi connectivity index (χ0v) is 24.1. The van der Waals surface area contributed by atoms with E-state index < -0.39 is 35.0 Å². The highest BCUT2D eigenvalue weighted by Gasteiger charge is 2.77. The van der Waals surface area contributed by atoms with Crippen LogP contribution in [0.4, 0.5) is 0 Å². The van der Waals surface area contributed by atoms with E-state index in [-0.39, 0.29) is 35.6 Å². The Labute approximate surface area is 235 Å². The van der Waals surface area contributed by atoms with Gasteiger partial charge in [-0.25, -0.2) is 4.79 Å². The summed E-state index contributed by atoms with van der Waals surface area (Å²) in [6.45, 7) is 12.3. The molecule has 6 nitrogen and oxygen atoms in total. The summed E-state index contributed by atoms with van der Waals surface area (Å²) in [5.74, 6) is -1.48. The molecule has 2 aromatic rings. The lowest BCUT2D eigenvalue weighted by atomic mass is 9.59. The van der Waals surface area contributed by atoms with Crippen LogP contribution in [0.25, 0.3) is 10.8 Å². The highest BCUT2D eigenvalue weighted by atomic mass is 16.7. The van der Waals surface area contributed by atoms with Gasteiger partial charge in [-0.2, -0.15) is 0 Å². The van der Waals surface area contributed by atoms with Gasteiger partial charge in [-0.1, -0.05) is 69.3 Å². The topological polar surface area (TPSA) is 82.1 Å². The smallest absolute Gasteiger partial charge is 0.339 e. The Bertz CT molecular complexity index is 1510. The molecule has 0 amide bonds. The van der Waals surface area contributed by atoms with Crippen molar-refractivity contribution >= 4 is 22.5 Å². The second-order valence-electron chi connectivity index (χ2n) is 13.8. The number of ether oxygens (including phenoxy) is 3. The summed E-state index contributed by atoms with van der Waals surface area (Å²) >= 11 is 0. The van der Waals surface area contributed by atoms with Crippen LogP contribution in [0.5, 0.6) is 0 Å². The van der Waals surface area contributed by atoms with Gasteiger partial charge in [0.25, 0.3) is 0 Å². The SMILES string of the molecule is CC1=C[C@]23C(=O)[C@@H](C=C4COC(C)(C)O[C@H]4[C@]2(O)[C@H]1OC(=O)c1cccc2ccccc12)[C@H]1[C@@H](C[C@H]3C)C1(C)C. The van der Waals surface area contributed by atoms with Crippen LogP contribution >= 0.6 is 0 Å². The molecule has 0 aromatic heterocycles. The van der Waals surface area contributed by atoms with Gasteiger partial charge >= 0.3 is 5.97 Å². The molecule has 8 atom stereocenters. The van der Waals surface area contributed by atoms with Gasteiger partial charge in [-0.3, -0.25) is 4.79 Å². The number of allylic oxidation sites excluding steroid dienone is 1. The first-order chi connectivity index (χ1) is 18.8. The number of benzene rings is 2. The summed E-state index contributed by atoms with van der Waals surface area (Å²) in [7, 11) is 0. The number of fused-ring (bicyclic) bond motifs is 6. The quantitative estimate of drug-likeness (QED) is 0.391. The lowest BCUT2D eigenvalue weighted by Gasteiger charge is -2.52. The Morgan fingerprint density at radius 1 is 1.07 bits per heavy atom. The molecule has 1 saturated heterocycles. The van der Waals surface area contributed by atoms with E-state index in [1.165, 1.54) is 0 Å². The van der Waals surface area contributed by atoms with Gasteiger partial charge < -0.3 is 19.3 Å². The van der Waals surface area contributed by atoms with Crippen LogP contribution in [0.2, 0.25) is 0 Å². The molecule has 1 N–H and O–H groups in total. The first-order valence-electron chi connectivity index (χ1n) is 14.5. The Balaban J connectivity index is 1.38. The highest BCUT2D eigenvalue weighted by Crippen LogP contribution is 2.72. The summed E-state index contributed by atoms with van der Waals surface area (Å²) in [5.41, 5.74) is -1.18. The molecule has 2 saturated carbocycles. The third-order valence-corrected chi connectivity index (χ3v) is 10.9. The fourth-order valence-electron chi connectivity index (χ4n) is 8.87. The third-order valence-electron chi connectivity index (χ3n) is 10.9. The van der Waals surface area contributed by atoms with Crippen LogP contribution < -0.4 is 0 Å². The molecule has 210 valence electrons. The van der Waals surface area contributed by atoms with Crippen molar-refractivity contribution in [3.8, 4) is 0 Å². The molecule has 4 aliphatic carbocycles. The molecule has 40 heavy (non-hydrogen) atoms. The molecule has 1 spiro atoms. The van der Waals surface area contributed by atoms with E-state index in [9.17, 15) is 14.7 Å². The monoisotopic (exact) mass is 542 g/mol. The Hall–Kier alpha value is -2.80. The number of carbonyl (C=O) groups is 2.